The smallest absolute Gasteiger partial charge is 0.338 e. The summed E-state index contributed by atoms with van der Waals surface area (Å²) in [6.07, 6.45) is 0.701. The van der Waals surface area contributed by atoms with E-state index >= 15 is 0 Å². The maximum Gasteiger partial charge on any atom is 0.338 e. The van der Waals surface area contributed by atoms with Crippen LogP contribution in [0.25, 0.3) is 0 Å². The number of rotatable bonds is 7. The van der Waals surface area contributed by atoms with E-state index in [1.165, 1.54) is 31.2 Å². The first-order valence-electron chi connectivity index (χ1n) is 8.62. The molecule has 0 aliphatic carbocycles. The van der Waals surface area contributed by atoms with Gasteiger partial charge >= 0.3 is 5.97 Å². The lowest BCUT2D eigenvalue weighted by Gasteiger charge is -2.18. The Balaban J connectivity index is 2.03. The third kappa shape index (κ3) is 4.79. The molecule has 26 heavy (non-hydrogen) atoms. The first-order valence-corrected chi connectivity index (χ1v) is 8.62. The average Bonchev–Trinajstić information content (AvgIpc) is 2.67. The van der Waals surface area contributed by atoms with Crippen LogP contribution in [0.3, 0.4) is 0 Å². The van der Waals surface area contributed by atoms with Crippen LogP contribution < -0.4 is 5.32 Å². The van der Waals surface area contributed by atoms with Gasteiger partial charge in [0.25, 0.3) is 5.91 Å². The lowest BCUT2D eigenvalue weighted by atomic mass is 9.97. The monoisotopic (exact) mass is 353 g/mol. The SMILES string of the molecule is CC[C@@H](C)c1ccccc1NC(=O)[C@@H](C)OC(=O)c1ccc(C=O)cc1. The molecule has 1 N–H and O–H groups in total. The van der Waals surface area contributed by atoms with Gasteiger partial charge in [0.15, 0.2) is 6.10 Å². The Labute approximate surface area is 153 Å². The maximum absolute atomic E-state index is 12.4. The molecule has 136 valence electrons. The molecule has 0 bridgehead atoms. The van der Waals surface area contributed by atoms with Gasteiger partial charge in [-0.25, -0.2) is 4.79 Å². The highest BCUT2D eigenvalue weighted by Crippen LogP contribution is 2.26. The first-order chi connectivity index (χ1) is 12.5. The highest BCUT2D eigenvalue weighted by molar-refractivity contribution is 5.98. The van der Waals surface area contributed by atoms with Crippen LogP contribution in [0.15, 0.2) is 48.5 Å². The number of hydrogen-bond donors (Lipinski definition) is 1. The molecule has 2 aromatic carbocycles. The highest BCUT2D eigenvalue weighted by atomic mass is 16.5. The number of ether oxygens (including phenoxy) is 1. The molecule has 0 radical (unpaired) electrons. The van der Waals surface area contributed by atoms with Crippen molar-refractivity contribution in [3.63, 3.8) is 0 Å². The number of amides is 1. The van der Waals surface area contributed by atoms with Gasteiger partial charge in [-0.3, -0.25) is 9.59 Å². The minimum absolute atomic E-state index is 0.287. The third-order valence-corrected chi connectivity index (χ3v) is 4.30. The van der Waals surface area contributed by atoms with Gasteiger partial charge in [0, 0.05) is 11.3 Å². The van der Waals surface area contributed by atoms with Crippen molar-refractivity contribution >= 4 is 23.9 Å². The zero-order chi connectivity index (χ0) is 19.1. The Morgan fingerprint density at radius 3 is 2.35 bits per heavy atom. The molecule has 2 atom stereocenters. The number of nitrogens with one attached hydrogen (secondary N) is 1. The largest absolute Gasteiger partial charge is 0.449 e. The topological polar surface area (TPSA) is 72.5 Å². The number of aldehydes is 1. The zero-order valence-corrected chi connectivity index (χ0v) is 15.2. The van der Waals surface area contributed by atoms with E-state index in [4.69, 9.17) is 4.74 Å². The van der Waals surface area contributed by atoms with Crippen LogP contribution in [-0.2, 0) is 9.53 Å². The molecular weight excluding hydrogens is 330 g/mol. The summed E-state index contributed by atoms with van der Waals surface area (Å²) in [6, 6.07) is 13.6. The summed E-state index contributed by atoms with van der Waals surface area (Å²) in [7, 11) is 0. The molecule has 5 nitrogen and oxygen atoms in total. The lowest BCUT2D eigenvalue weighted by molar-refractivity contribution is -0.123. The summed E-state index contributed by atoms with van der Waals surface area (Å²) >= 11 is 0. The van der Waals surface area contributed by atoms with Crippen LogP contribution in [0.5, 0.6) is 0 Å². The predicted octanol–water partition coefficient (Wildman–Crippen LogP) is 4.20. The van der Waals surface area contributed by atoms with Gasteiger partial charge in [0.1, 0.15) is 6.29 Å². The van der Waals surface area contributed by atoms with Crippen molar-refractivity contribution in [1.82, 2.24) is 0 Å². The number of para-hydroxylation sites is 1. The molecule has 2 rings (SSSR count). The molecule has 0 saturated carbocycles. The number of anilines is 1. The average molecular weight is 353 g/mol. The van der Waals surface area contributed by atoms with Crippen molar-refractivity contribution in [2.45, 2.75) is 39.2 Å². The van der Waals surface area contributed by atoms with Crippen LogP contribution in [0.2, 0.25) is 0 Å². The first kappa shape index (κ1) is 19.4. The van der Waals surface area contributed by atoms with E-state index < -0.39 is 18.0 Å². The number of hydrogen-bond acceptors (Lipinski definition) is 4. The van der Waals surface area contributed by atoms with Crippen LogP contribution in [0.4, 0.5) is 5.69 Å². The molecular formula is C21H23NO4. The lowest BCUT2D eigenvalue weighted by Crippen LogP contribution is -2.30. The zero-order valence-electron chi connectivity index (χ0n) is 15.2. The van der Waals surface area contributed by atoms with E-state index in [-0.39, 0.29) is 5.56 Å². The molecule has 0 aliphatic rings. The number of carbonyl (C=O) groups is 3. The van der Waals surface area contributed by atoms with Crippen molar-refractivity contribution in [2.24, 2.45) is 0 Å². The Morgan fingerprint density at radius 2 is 1.73 bits per heavy atom. The van der Waals surface area contributed by atoms with Gasteiger partial charge in [-0.1, -0.05) is 44.2 Å². The maximum atomic E-state index is 12.4. The van der Waals surface area contributed by atoms with Gasteiger partial charge < -0.3 is 10.1 Å². The fourth-order valence-corrected chi connectivity index (χ4v) is 2.47. The van der Waals surface area contributed by atoms with Crippen LogP contribution >= 0.6 is 0 Å². The second-order valence-corrected chi connectivity index (χ2v) is 6.17. The molecule has 0 unspecified atom stereocenters. The summed E-state index contributed by atoms with van der Waals surface area (Å²) in [4.78, 5) is 35.2. The number of benzene rings is 2. The van der Waals surface area contributed by atoms with E-state index in [0.717, 1.165) is 17.7 Å². The molecule has 5 heteroatoms. The molecule has 0 heterocycles. The molecule has 0 saturated heterocycles. The summed E-state index contributed by atoms with van der Waals surface area (Å²) in [5.74, 6) is -0.695. The Bertz CT molecular complexity index is 783. The number of carbonyl (C=O) groups excluding carboxylic acids is 3. The van der Waals surface area contributed by atoms with E-state index in [1.54, 1.807) is 0 Å². The second kappa shape index (κ2) is 8.94. The van der Waals surface area contributed by atoms with Crippen LogP contribution in [0.1, 0.15) is 59.4 Å². The van der Waals surface area contributed by atoms with Crippen molar-refractivity contribution in [2.75, 3.05) is 5.32 Å². The van der Waals surface area contributed by atoms with Crippen molar-refractivity contribution in [3.05, 3.63) is 65.2 Å². The molecule has 1 amide bonds. The summed E-state index contributed by atoms with van der Waals surface area (Å²) in [6.45, 7) is 5.71. The Morgan fingerprint density at radius 1 is 1.08 bits per heavy atom. The van der Waals surface area contributed by atoms with Gasteiger partial charge in [0.2, 0.25) is 0 Å². The predicted molar refractivity (Wildman–Crippen MR) is 100 cm³/mol. The molecule has 0 aliphatic heterocycles. The van der Waals surface area contributed by atoms with E-state index in [0.29, 0.717) is 17.8 Å². The summed E-state index contributed by atoms with van der Waals surface area (Å²) < 4.78 is 5.23. The number of esters is 1. The summed E-state index contributed by atoms with van der Waals surface area (Å²) in [5, 5.41) is 2.84. The summed E-state index contributed by atoms with van der Waals surface area (Å²) in [5.41, 5.74) is 2.53. The van der Waals surface area contributed by atoms with Crippen molar-refractivity contribution in [3.8, 4) is 0 Å². The minimum atomic E-state index is -0.946. The van der Waals surface area contributed by atoms with Crippen molar-refractivity contribution < 1.29 is 19.1 Å². The van der Waals surface area contributed by atoms with E-state index in [2.05, 4.69) is 19.2 Å². The van der Waals surface area contributed by atoms with Gasteiger partial charge in [-0.2, -0.15) is 0 Å². The van der Waals surface area contributed by atoms with Gasteiger partial charge in [0.05, 0.1) is 5.56 Å². The molecule has 0 aromatic heterocycles. The highest BCUT2D eigenvalue weighted by Gasteiger charge is 2.20. The Kier molecular flexibility index (Phi) is 6.67. The normalized spacial score (nSPS) is 12.7. The van der Waals surface area contributed by atoms with E-state index in [1.807, 2.05) is 24.3 Å². The standard InChI is InChI=1S/C21H23NO4/c1-4-14(2)18-7-5-6-8-19(18)22-20(24)15(3)26-21(25)17-11-9-16(13-23)10-12-17/h5-15H,4H2,1-3H3,(H,22,24)/t14-,15-/m1/s1. The molecule has 0 spiro atoms. The fourth-order valence-electron chi connectivity index (χ4n) is 2.47. The van der Waals surface area contributed by atoms with E-state index in [9.17, 15) is 14.4 Å². The van der Waals surface area contributed by atoms with Crippen molar-refractivity contribution in [1.29, 1.82) is 0 Å². The molecule has 0 fully saturated rings. The minimum Gasteiger partial charge on any atom is -0.449 e. The quantitative estimate of drug-likeness (QED) is 0.598. The van der Waals surface area contributed by atoms with Crippen LogP contribution in [-0.4, -0.2) is 24.3 Å². The fraction of sp³-hybridized carbons (Fsp3) is 0.286. The second-order valence-electron chi connectivity index (χ2n) is 6.17. The third-order valence-electron chi connectivity index (χ3n) is 4.30. The molecule has 2 aromatic rings. The van der Waals surface area contributed by atoms with Crippen LogP contribution in [0, 0.1) is 0 Å². The Hall–Kier alpha value is -2.95. The van der Waals surface area contributed by atoms with Gasteiger partial charge in [-0.05, 0) is 43.0 Å². The van der Waals surface area contributed by atoms with Gasteiger partial charge in [-0.15, -0.1) is 0 Å².